The Balaban J connectivity index is 1.52. The van der Waals surface area contributed by atoms with Crippen molar-refractivity contribution in [3.05, 3.63) is 117 Å². The molecule has 4 N–H and O–H groups in total. The number of nitrogens with two attached hydrogens (primary N) is 1. The predicted octanol–water partition coefficient (Wildman–Crippen LogP) is 3.63. The number of halogens is 1. The van der Waals surface area contributed by atoms with Crippen LogP contribution in [0.15, 0.2) is 83.8 Å². The molecule has 37 heavy (non-hydrogen) atoms. The summed E-state index contributed by atoms with van der Waals surface area (Å²) >= 11 is 6.58. The number of nitrogen functional groups attached to an aromatic ring is 1. The van der Waals surface area contributed by atoms with Gasteiger partial charge in [0.25, 0.3) is 5.56 Å². The number of hydrogen-bond donors (Lipinski definition) is 3. The second-order valence-electron chi connectivity index (χ2n) is 8.61. The molecule has 2 aromatic carbocycles. The number of aromatic nitrogens is 3. The van der Waals surface area contributed by atoms with Crippen molar-refractivity contribution in [2.24, 2.45) is 0 Å². The molecule has 1 amide bonds. The van der Waals surface area contributed by atoms with Crippen LogP contribution in [0, 0.1) is 0 Å². The second-order valence-corrected chi connectivity index (χ2v) is 8.96. The Kier molecular flexibility index (Phi) is 8.89. The Morgan fingerprint density at radius 3 is 2.22 bits per heavy atom. The number of carbonyl (C=O) groups is 1. The van der Waals surface area contributed by atoms with Crippen LogP contribution in [0.4, 0.5) is 11.6 Å². The van der Waals surface area contributed by atoms with Crippen LogP contribution in [-0.2, 0) is 37.1 Å². The van der Waals surface area contributed by atoms with E-state index < -0.39 is 0 Å². The van der Waals surface area contributed by atoms with Gasteiger partial charge in [-0.05, 0) is 42.0 Å². The van der Waals surface area contributed by atoms with E-state index in [9.17, 15) is 9.59 Å². The minimum Gasteiger partial charge on any atom is -0.384 e. The van der Waals surface area contributed by atoms with E-state index >= 15 is 0 Å². The molecule has 0 saturated carbocycles. The van der Waals surface area contributed by atoms with Crippen molar-refractivity contribution >= 4 is 29.1 Å². The minimum atomic E-state index is -0.384. The van der Waals surface area contributed by atoms with Crippen LogP contribution in [0.25, 0.3) is 0 Å². The summed E-state index contributed by atoms with van der Waals surface area (Å²) in [5.41, 5.74) is 8.80. The number of carbonyl (C=O) groups excluding carboxylic acids is 1. The SMILES string of the molecule is Nc1ccc(CNC(=O)Cn2c(CCc3ccccc3)c(Cl)nc(NCCc3ccccc3)c2=O)cn1. The molecule has 2 heterocycles. The molecular weight excluding hydrogens is 488 g/mol. The van der Waals surface area contributed by atoms with Gasteiger partial charge in [0.05, 0.1) is 5.69 Å². The first-order valence-corrected chi connectivity index (χ1v) is 12.5. The number of rotatable bonds is 11. The topological polar surface area (TPSA) is 115 Å². The number of amides is 1. The molecule has 0 spiro atoms. The van der Waals surface area contributed by atoms with E-state index in [-0.39, 0.29) is 35.5 Å². The molecule has 2 aromatic heterocycles. The van der Waals surface area contributed by atoms with Gasteiger partial charge in [0.2, 0.25) is 5.91 Å². The molecule has 8 nitrogen and oxygen atoms in total. The molecule has 190 valence electrons. The van der Waals surface area contributed by atoms with Gasteiger partial charge in [-0.1, -0.05) is 78.3 Å². The van der Waals surface area contributed by atoms with Gasteiger partial charge in [0, 0.05) is 19.3 Å². The third-order valence-electron chi connectivity index (χ3n) is 5.90. The monoisotopic (exact) mass is 516 g/mol. The fourth-order valence-electron chi connectivity index (χ4n) is 3.91. The van der Waals surface area contributed by atoms with Crippen LogP contribution >= 0.6 is 11.6 Å². The average Bonchev–Trinajstić information content (AvgIpc) is 2.92. The molecule has 0 saturated heterocycles. The first kappa shape index (κ1) is 25.9. The molecular formula is C28H29ClN6O2. The summed E-state index contributed by atoms with van der Waals surface area (Å²) in [7, 11) is 0. The molecule has 0 unspecified atom stereocenters. The number of pyridine rings is 1. The zero-order chi connectivity index (χ0) is 26.0. The first-order valence-electron chi connectivity index (χ1n) is 12.1. The summed E-state index contributed by atoms with van der Waals surface area (Å²) in [5, 5.41) is 6.14. The van der Waals surface area contributed by atoms with E-state index in [0.717, 1.165) is 16.7 Å². The minimum absolute atomic E-state index is 0.125. The quantitative estimate of drug-likeness (QED) is 0.280. The maximum atomic E-state index is 13.4. The molecule has 4 rings (SSSR count). The van der Waals surface area contributed by atoms with Crippen LogP contribution in [0.3, 0.4) is 0 Å². The Morgan fingerprint density at radius 2 is 1.57 bits per heavy atom. The van der Waals surface area contributed by atoms with Gasteiger partial charge in [-0.3, -0.25) is 14.2 Å². The highest BCUT2D eigenvalue weighted by Crippen LogP contribution is 2.17. The summed E-state index contributed by atoms with van der Waals surface area (Å²) < 4.78 is 1.42. The maximum absolute atomic E-state index is 13.4. The van der Waals surface area contributed by atoms with Crippen molar-refractivity contribution in [3.63, 3.8) is 0 Å². The van der Waals surface area contributed by atoms with Crippen LogP contribution in [-0.4, -0.2) is 27.0 Å². The number of nitrogens with one attached hydrogen (secondary N) is 2. The zero-order valence-electron chi connectivity index (χ0n) is 20.4. The molecule has 0 aliphatic heterocycles. The molecule has 0 aliphatic carbocycles. The summed E-state index contributed by atoms with van der Waals surface area (Å²) in [6.45, 7) is 0.588. The van der Waals surface area contributed by atoms with E-state index in [0.29, 0.717) is 37.3 Å². The number of anilines is 2. The van der Waals surface area contributed by atoms with Gasteiger partial charge >= 0.3 is 0 Å². The van der Waals surface area contributed by atoms with Gasteiger partial charge < -0.3 is 16.4 Å². The largest absolute Gasteiger partial charge is 0.384 e. The van der Waals surface area contributed by atoms with E-state index in [4.69, 9.17) is 17.3 Å². The van der Waals surface area contributed by atoms with Gasteiger partial charge in [0.1, 0.15) is 12.4 Å². The highest BCUT2D eigenvalue weighted by atomic mass is 35.5. The fraction of sp³-hybridized carbons (Fsp3) is 0.214. The number of aryl methyl sites for hydroxylation is 1. The third-order valence-corrected chi connectivity index (χ3v) is 6.21. The molecule has 0 fully saturated rings. The van der Waals surface area contributed by atoms with Crippen molar-refractivity contribution in [2.45, 2.75) is 32.4 Å². The molecule has 0 bridgehead atoms. The maximum Gasteiger partial charge on any atom is 0.294 e. The standard InChI is InChI=1S/C28H29ClN6O2/c29-26-23(13-11-20-7-3-1-4-8-20)35(19-25(36)33-18-22-12-14-24(30)32-17-22)28(37)27(34-26)31-16-15-21-9-5-2-6-10-21/h1-10,12,14,17H,11,13,15-16,18-19H2,(H2,30,32)(H,31,34)(H,33,36). The van der Waals surface area contributed by atoms with Gasteiger partial charge in [0.15, 0.2) is 11.0 Å². The summed E-state index contributed by atoms with van der Waals surface area (Å²) in [5.74, 6) is 0.209. The lowest BCUT2D eigenvalue weighted by Crippen LogP contribution is -2.35. The lowest BCUT2D eigenvalue weighted by atomic mass is 10.1. The van der Waals surface area contributed by atoms with Gasteiger partial charge in [-0.2, -0.15) is 0 Å². The Labute approximate surface area is 220 Å². The molecule has 0 atom stereocenters. The Morgan fingerprint density at radius 1 is 0.892 bits per heavy atom. The summed E-state index contributed by atoms with van der Waals surface area (Å²) in [6.07, 6.45) is 3.43. The van der Waals surface area contributed by atoms with Crippen LogP contribution in [0.5, 0.6) is 0 Å². The zero-order valence-corrected chi connectivity index (χ0v) is 21.1. The third kappa shape index (κ3) is 7.41. The van der Waals surface area contributed by atoms with Gasteiger partial charge in [-0.25, -0.2) is 9.97 Å². The first-order chi connectivity index (χ1) is 18.0. The normalized spacial score (nSPS) is 10.7. The smallest absolute Gasteiger partial charge is 0.294 e. The van der Waals surface area contributed by atoms with Crippen molar-refractivity contribution in [1.82, 2.24) is 19.9 Å². The second kappa shape index (κ2) is 12.7. The molecule has 9 heteroatoms. The summed E-state index contributed by atoms with van der Waals surface area (Å²) in [6, 6.07) is 23.3. The van der Waals surface area contributed by atoms with Crippen molar-refractivity contribution in [2.75, 3.05) is 17.6 Å². The van der Waals surface area contributed by atoms with Crippen LogP contribution in [0.2, 0.25) is 5.15 Å². The van der Waals surface area contributed by atoms with E-state index in [2.05, 4.69) is 20.6 Å². The highest BCUT2D eigenvalue weighted by Gasteiger charge is 2.18. The fourth-order valence-corrected chi connectivity index (χ4v) is 4.19. The predicted molar refractivity (Wildman–Crippen MR) is 146 cm³/mol. The van der Waals surface area contributed by atoms with Crippen LogP contribution in [0.1, 0.15) is 22.4 Å². The average molecular weight is 517 g/mol. The number of benzene rings is 2. The molecule has 0 aliphatic rings. The Bertz CT molecular complexity index is 1380. The molecule has 4 aromatic rings. The number of nitrogens with zero attached hydrogens (tertiary/aromatic N) is 3. The highest BCUT2D eigenvalue weighted by molar-refractivity contribution is 6.30. The lowest BCUT2D eigenvalue weighted by molar-refractivity contribution is -0.121. The van der Waals surface area contributed by atoms with Crippen molar-refractivity contribution in [1.29, 1.82) is 0 Å². The Hall–Kier alpha value is -4.17. The number of hydrogen-bond acceptors (Lipinski definition) is 6. The van der Waals surface area contributed by atoms with E-state index in [1.54, 1.807) is 18.3 Å². The van der Waals surface area contributed by atoms with Crippen LogP contribution < -0.4 is 21.9 Å². The molecule has 0 radical (unpaired) electrons. The van der Waals surface area contributed by atoms with E-state index in [1.807, 2.05) is 60.7 Å². The van der Waals surface area contributed by atoms with Crippen molar-refractivity contribution in [3.8, 4) is 0 Å². The summed E-state index contributed by atoms with van der Waals surface area (Å²) in [4.78, 5) is 34.7. The lowest BCUT2D eigenvalue weighted by Gasteiger charge is -2.16. The van der Waals surface area contributed by atoms with Crippen molar-refractivity contribution < 1.29 is 4.79 Å². The van der Waals surface area contributed by atoms with Gasteiger partial charge in [-0.15, -0.1) is 0 Å². The van der Waals surface area contributed by atoms with E-state index in [1.165, 1.54) is 4.57 Å².